The molecule has 2 aromatic rings. The van der Waals surface area contributed by atoms with Gasteiger partial charge in [0.15, 0.2) is 0 Å². The molecule has 0 atom stereocenters. The Hall–Kier alpha value is -2.24. The largest absolute Gasteiger partial charge is 0.478 e. The second-order valence-electron chi connectivity index (χ2n) is 5.40. The number of rotatable bonds is 4. The second-order valence-corrected chi connectivity index (χ2v) is 5.83. The van der Waals surface area contributed by atoms with Gasteiger partial charge in [-0.25, -0.2) is 4.79 Å². The first-order chi connectivity index (χ1) is 12.1. The van der Waals surface area contributed by atoms with Gasteiger partial charge in [-0.3, -0.25) is 4.79 Å². The molecule has 1 amide bonds. The number of amides is 1. The van der Waals surface area contributed by atoms with E-state index in [-0.39, 0.29) is 46.2 Å². The molecule has 0 aliphatic heterocycles. The monoisotopic (exact) mass is 408 g/mol. The molecule has 2 aromatic carbocycles. The van der Waals surface area contributed by atoms with Crippen molar-refractivity contribution >= 4 is 54.1 Å². The van der Waals surface area contributed by atoms with Crippen LogP contribution in [0.15, 0.2) is 48.0 Å². The Morgan fingerprint density at radius 2 is 1.68 bits per heavy atom. The van der Waals surface area contributed by atoms with Crippen LogP contribution in [0.3, 0.4) is 0 Å². The van der Waals surface area contributed by atoms with E-state index < -0.39 is 23.6 Å². The number of alkyl halides is 3. The van der Waals surface area contributed by atoms with Gasteiger partial charge in [0, 0.05) is 29.5 Å². The third kappa shape index (κ3) is 6.73. The van der Waals surface area contributed by atoms with Crippen LogP contribution in [0, 0.1) is 0 Å². The van der Waals surface area contributed by atoms with E-state index in [0.29, 0.717) is 5.56 Å². The zero-order valence-electron chi connectivity index (χ0n) is 14.9. The van der Waals surface area contributed by atoms with E-state index in [1.54, 1.807) is 0 Å². The number of anilines is 1. The van der Waals surface area contributed by atoms with Gasteiger partial charge in [0.05, 0.1) is 16.8 Å². The summed E-state index contributed by atoms with van der Waals surface area (Å²) in [5, 5.41) is 11.8. The molecule has 1 radical (unpaired) electrons. The Kier molecular flexibility index (Phi) is 9.51. The zero-order valence-corrected chi connectivity index (χ0v) is 15.7. The SMILES string of the molecule is C/C(=C\c1ccc(C(F)(F)F)cc1)C(=O)Nc1ccc(Cl)cc1C(=O)O.O.[Li]. The fourth-order valence-electron chi connectivity index (χ4n) is 2.11. The van der Waals surface area contributed by atoms with E-state index in [9.17, 15) is 22.8 Å². The third-order valence-electron chi connectivity index (χ3n) is 3.44. The summed E-state index contributed by atoms with van der Waals surface area (Å²) in [4.78, 5) is 23.4. The van der Waals surface area contributed by atoms with E-state index in [2.05, 4.69) is 5.32 Å². The number of nitrogens with one attached hydrogen (secondary N) is 1. The van der Waals surface area contributed by atoms with Crippen molar-refractivity contribution in [2.75, 3.05) is 5.32 Å². The van der Waals surface area contributed by atoms with Crippen molar-refractivity contribution in [1.29, 1.82) is 0 Å². The standard InChI is InChI=1S/C18H13ClF3NO3.Li.H2O/c1-10(8-11-2-4-12(5-3-11)18(20,21)22)16(24)23-15-7-6-13(19)9-14(15)17(25)26;;/h2-9H,1H3,(H,23,24)(H,25,26);;1H2/b10-8+;;. The summed E-state index contributed by atoms with van der Waals surface area (Å²) in [6.45, 7) is 1.46. The van der Waals surface area contributed by atoms with Crippen LogP contribution in [0.5, 0.6) is 0 Å². The van der Waals surface area contributed by atoms with Crippen LogP contribution in [-0.2, 0) is 11.0 Å². The van der Waals surface area contributed by atoms with Gasteiger partial charge < -0.3 is 15.9 Å². The normalized spacial score (nSPS) is 11.1. The maximum absolute atomic E-state index is 12.5. The average Bonchev–Trinajstić information content (AvgIpc) is 2.55. The van der Waals surface area contributed by atoms with Gasteiger partial charge in [0.1, 0.15) is 0 Å². The zero-order chi connectivity index (χ0) is 19.5. The summed E-state index contributed by atoms with van der Waals surface area (Å²) in [5.41, 5.74) is -0.305. The molecular weight excluding hydrogens is 394 g/mol. The number of carbonyl (C=O) groups excluding carboxylic acids is 1. The summed E-state index contributed by atoms with van der Waals surface area (Å²) in [7, 11) is 0. The second kappa shape index (κ2) is 10.3. The third-order valence-corrected chi connectivity index (χ3v) is 3.67. The van der Waals surface area contributed by atoms with Gasteiger partial charge in [-0.05, 0) is 48.9 Å². The molecule has 0 heterocycles. The van der Waals surface area contributed by atoms with Crippen molar-refractivity contribution < 1.29 is 33.3 Å². The smallest absolute Gasteiger partial charge is 0.416 e. The molecular formula is C18H15ClF3LiNO4. The molecule has 4 N–H and O–H groups in total. The summed E-state index contributed by atoms with van der Waals surface area (Å²) >= 11 is 5.74. The Morgan fingerprint density at radius 3 is 2.18 bits per heavy atom. The van der Waals surface area contributed by atoms with Crippen LogP contribution in [0.4, 0.5) is 18.9 Å². The molecule has 2 rings (SSSR count). The molecule has 0 fully saturated rings. The molecule has 0 saturated carbocycles. The molecule has 0 unspecified atom stereocenters. The Labute approximate surface area is 175 Å². The Bertz CT molecular complexity index is 883. The van der Waals surface area contributed by atoms with Crippen LogP contribution in [0.1, 0.15) is 28.4 Å². The van der Waals surface area contributed by atoms with Gasteiger partial charge in [-0.1, -0.05) is 23.7 Å². The van der Waals surface area contributed by atoms with Crippen LogP contribution in [0.2, 0.25) is 5.02 Å². The number of hydrogen-bond donors (Lipinski definition) is 2. The summed E-state index contributed by atoms with van der Waals surface area (Å²) in [5.74, 6) is -1.85. The van der Waals surface area contributed by atoms with E-state index in [1.165, 1.54) is 43.3 Å². The molecule has 5 nitrogen and oxygen atoms in total. The van der Waals surface area contributed by atoms with E-state index >= 15 is 0 Å². The van der Waals surface area contributed by atoms with Gasteiger partial charge >= 0.3 is 12.1 Å². The first-order valence-corrected chi connectivity index (χ1v) is 7.65. The number of carboxylic acid groups (broad SMARTS) is 1. The van der Waals surface area contributed by atoms with E-state index in [4.69, 9.17) is 16.7 Å². The molecule has 0 bridgehead atoms. The summed E-state index contributed by atoms with van der Waals surface area (Å²) in [6, 6.07) is 8.30. The predicted molar refractivity (Wildman–Crippen MR) is 102 cm³/mol. The summed E-state index contributed by atoms with van der Waals surface area (Å²) < 4.78 is 37.6. The topological polar surface area (TPSA) is 97.9 Å². The van der Waals surface area contributed by atoms with Gasteiger partial charge in [-0.15, -0.1) is 0 Å². The number of aromatic carboxylic acids is 1. The minimum Gasteiger partial charge on any atom is -0.478 e. The number of hydrogen-bond acceptors (Lipinski definition) is 2. The van der Waals surface area contributed by atoms with Crippen LogP contribution < -0.4 is 5.32 Å². The maximum Gasteiger partial charge on any atom is 0.416 e. The molecule has 0 aromatic heterocycles. The molecule has 145 valence electrons. The quantitative estimate of drug-likeness (QED) is 0.593. The number of halogens is 4. The number of carboxylic acids is 1. The van der Waals surface area contributed by atoms with Crippen LogP contribution in [-0.4, -0.2) is 41.3 Å². The summed E-state index contributed by atoms with van der Waals surface area (Å²) in [6.07, 6.45) is -3.04. The fourth-order valence-corrected chi connectivity index (χ4v) is 2.28. The van der Waals surface area contributed by atoms with E-state index in [1.807, 2.05) is 0 Å². The van der Waals surface area contributed by atoms with Crippen LogP contribution in [0.25, 0.3) is 6.08 Å². The van der Waals surface area contributed by atoms with Gasteiger partial charge in [-0.2, -0.15) is 13.2 Å². The molecule has 0 saturated heterocycles. The van der Waals surface area contributed by atoms with Crippen molar-refractivity contribution in [1.82, 2.24) is 0 Å². The van der Waals surface area contributed by atoms with Crippen LogP contribution >= 0.6 is 11.6 Å². The number of benzene rings is 2. The number of carbonyl (C=O) groups is 2. The van der Waals surface area contributed by atoms with Gasteiger partial charge in [0.25, 0.3) is 5.91 Å². The molecule has 0 aliphatic carbocycles. The first kappa shape index (κ1) is 25.8. The van der Waals surface area contributed by atoms with Crippen molar-refractivity contribution in [3.8, 4) is 0 Å². The Morgan fingerprint density at radius 1 is 1.11 bits per heavy atom. The fraction of sp³-hybridized carbons (Fsp3) is 0.111. The predicted octanol–water partition coefficient (Wildman–Crippen LogP) is 3.89. The van der Waals surface area contributed by atoms with Crippen molar-refractivity contribution in [2.45, 2.75) is 13.1 Å². The molecule has 10 heteroatoms. The van der Waals surface area contributed by atoms with Crippen molar-refractivity contribution in [2.24, 2.45) is 0 Å². The maximum atomic E-state index is 12.5. The molecule has 0 spiro atoms. The minimum atomic E-state index is -4.43. The molecule has 0 aliphatic rings. The average molecular weight is 409 g/mol. The molecule has 28 heavy (non-hydrogen) atoms. The van der Waals surface area contributed by atoms with Crippen molar-refractivity contribution in [3.63, 3.8) is 0 Å². The minimum absolute atomic E-state index is 0. The Balaban J connectivity index is 0.00000364. The first-order valence-electron chi connectivity index (χ1n) is 7.27. The van der Waals surface area contributed by atoms with Crippen molar-refractivity contribution in [3.05, 3.63) is 69.8 Å². The van der Waals surface area contributed by atoms with Gasteiger partial charge in [0.2, 0.25) is 0 Å². The van der Waals surface area contributed by atoms with E-state index in [0.717, 1.165) is 12.1 Å².